The number of hydrogen-bond donors (Lipinski definition) is 1. The zero-order chi connectivity index (χ0) is 21.6. The maximum absolute atomic E-state index is 13.1. The molecule has 0 saturated heterocycles. The maximum atomic E-state index is 13.1. The number of methoxy groups -OCH3 is 1. The van der Waals surface area contributed by atoms with Gasteiger partial charge in [-0.25, -0.2) is 0 Å². The van der Waals surface area contributed by atoms with Crippen molar-refractivity contribution >= 4 is 35.0 Å². The van der Waals surface area contributed by atoms with E-state index in [1.54, 1.807) is 49.3 Å². The van der Waals surface area contributed by atoms with Crippen molar-refractivity contribution in [2.24, 2.45) is 0 Å². The molecular formula is C22H26Cl2N2O3. The summed E-state index contributed by atoms with van der Waals surface area (Å²) in [5.41, 5.74) is 1.64. The number of carbonyl (C=O) groups is 2. The third kappa shape index (κ3) is 6.65. The highest BCUT2D eigenvalue weighted by molar-refractivity contribution is 6.42. The Morgan fingerprint density at radius 1 is 1.00 bits per heavy atom. The van der Waals surface area contributed by atoms with E-state index in [1.165, 1.54) is 0 Å². The molecule has 0 bridgehead atoms. The van der Waals surface area contributed by atoms with E-state index < -0.39 is 6.04 Å². The number of benzene rings is 2. The fourth-order valence-electron chi connectivity index (χ4n) is 2.84. The molecule has 2 aromatic carbocycles. The van der Waals surface area contributed by atoms with E-state index in [9.17, 15) is 9.59 Å². The molecule has 0 radical (unpaired) electrons. The lowest BCUT2D eigenvalue weighted by atomic mass is 10.1. The first kappa shape index (κ1) is 23.0. The molecule has 7 heteroatoms. The van der Waals surface area contributed by atoms with Crippen molar-refractivity contribution in [3.8, 4) is 5.75 Å². The summed E-state index contributed by atoms with van der Waals surface area (Å²) < 4.78 is 5.16. The molecule has 29 heavy (non-hydrogen) atoms. The van der Waals surface area contributed by atoms with Crippen molar-refractivity contribution < 1.29 is 14.3 Å². The van der Waals surface area contributed by atoms with Crippen LogP contribution < -0.4 is 10.1 Å². The van der Waals surface area contributed by atoms with E-state index in [2.05, 4.69) is 5.32 Å². The number of rotatable bonds is 8. The molecule has 0 aliphatic rings. The van der Waals surface area contributed by atoms with E-state index in [0.717, 1.165) is 16.9 Å². The molecule has 0 fully saturated rings. The first-order chi connectivity index (χ1) is 13.7. The maximum Gasteiger partial charge on any atom is 0.242 e. The quantitative estimate of drug-likeness (QED) is 0.662. The van der Waals surface area contributed by atoms with E-state index in [0.29, 0.717) is 10.0 Å². The summed E-state index contributed by atoms with van der Waals surface area (Å²) in [6.45, 7) is 5.74. The highest BCUT2D eigenvalue weighted by Gasteiger charge is 2.26. The summed E-state index contributed by atoms with van der Waals surface area (Å²) in [7, 11) is 1.59. The van der Waals surface area contributed by atoms with E-state index in [-0.39, 0.29) is 30.8 Å². The summed E-state index contributed by atoms with van der Waals surface area (Å²) >= 11 is 12.1. The van der Waals surface area contributed by atoms with Crippen LogP contribution in [0.15, 0.2) is 42.5 Å². The number of nitrogens with zero attached hydrogens (tertiary/aromatic N) is 1. The predicted octanol–water partition coefficient (Wildman–Crippen LogP) is 4.49. The van der Waals surface area contributed by atoms with Crippen LogP contribution in [0.1, 0.15) is 31.9 Å². The smallest absolute Gasteiger partial charge is 0.242 e. The zero-order valence-corrected chi connectivity index (χ0v) is 18.6. The summed E-state index contributed by atoms with van der Waals surface area (Å²) in [5, 5.41) is 3.72. The fourth-order valence-corrected chi connectivity index (χ4v) is 3.16. The van der Waals surface area contributed by atoms with Gasteiger partial charge in [0, 0.05) is 12.6 Å². The van der Waals surface area contributed by atoms with Gasteiger partial charge in [0.05, 0.1) is 23.6 Å². The Labute approximate surface area is 181 Å². The molecule has 2 rings (SSSR count). The normalized spacial score (nSPS) is 11.8. The molecule has 5 nitrogen and oxygen atoms in total. The Kier molecular flexibility index (Phi) is 8.35. The van der Waals surface area contributed by atoms with Gasteiger partial charge in [-0.05, 0) is 56.2 Å². The summed E-state index contributed by atoms with van der Waals surface area (Å²) in [6, 6.07) is 11.8. The fraction of sp³-hybridized carbons (Fsp3) is 0.364. The predicted molar refractivity (Wildman–Crippen MR) is 116 cm³/mol. The molecule has 0 spiro atoms. The molecule has 1 atom stereocenters. The summed E-state index contributed by atoms with van der Waals surface area (Å²) in [4.78, 5) is 27.2. The van der Waals surface area contributed by atoms with Gasteiger partial charge < -0.3 is 15.0 Å². The second kappa shape index (κ2) is 10.5. The van der Waals surface area contributed by atoms with Gasteiger partial charge in [-0.1, -0.05) is 41.4 Å². The Balaban J connectivity index is 2.24. The molecule has 2 amide bonds. The Morgan fingerprint density at radius 2 is 1.62 bits per heavy atom. The van der Waals surface area contributed by atoms with Crippen molar-refractivity contribution in [2.75, 3.05) is 7.11 Å². The molecule has 0 aliphatic heterocycles. The highest BCUT2D eigenvalue weighted by Crippen LogP contribution is 2.24. The number of carbonyl (C=O) groups excluding carboxylic acids is 2. The van der Waals surface area contributed by atoms with Gasteiger partial charge in [0.25, 0.3) is 0 Å². The molecule has 2 aromatic rings. The lowest BCUT2D eigenvalue weighted by Gasteiger charge is -2.29. The van der Waals surface area contributed by atoms with Gasteiger partial charge in [-0.15, -0.1) is 0 Å². The zero-order valence-electron chi connectivity index (χ0n) is 17.0. The van der Waals surface area contributed by atoms with Gasteiger partial charge in [0.15, 0.2) is 0 Å². The van der Waals surface area contributed by atoms with Gasteiger partial charge >= 0.3 is 0 Å². The molecule has 156 valence electrons. The molecular weight excluding hydrogens is 411 g/mol. The topological polar surface area (TPSA) is 58.6 Å². The number of nitrogens with one attached hydrogen (secondary N) is 1. The number of halogens is 2. The van der Waals surface area contributed by atoms with E-state index in [1.807, 2.05) is 26.0 Å². The minimum absolute atomic E-state index is 0.0199. The first-order valence-electron chi connectivity index (χ1n) is 9.38. The molecule has 0 saturated carbocycles. The standard InChI is InChI=1S/C22H26Cl2N2O3/c1-14(2)25-22(28)15(3)26(13-17-7-10-19(23)20(24)11-17)21(27)12-16-5-8-18(29-4)9-6-16/h5-11,14-15H,12-13H2,1-4H3,(H,25,28)/t15-/m0/s1. The molecule has 0 heterocycles. The van der Waals surface area contributed by atoms with Crippen LogP contribution in [0.2, 0.25) is 10.0 Å². The van der Waals surface area contributed by atoms with E-state index in [4.69, 9.17) is 27.9 Å². The SMILES string of the molecule is COc1ccc(CC(=O)N(Cc2ccc(Cl)c(Cl)c2)[C@@H](C)C(=O)NC(C)C)cc1. The van der Waals surface area contributed by atoms with Crippen molar-refractivity contribution in [1.82, 2.24) is 10.2 Å². The number of ether oxygens (including phenoxy) is 1. The third-order valence-electron chi connectivity index (χ3n) is 4.45. The number of amides is 2. The molecule has 0 unspecified atom stereocenters. The Morgan fingerprint density at radius 3 is 2.17 bits per heavy atom. The van der Waals surface area contributed by atoms with Crippen LogP contribution in [-0.2, 0) is 22.6 Å². The van der Waals surface area contributed by atoms with E-state index >= 15 is 0 Å². The summed E-state index contributed by atoms with van der Waals surface area (Å²) in [6.07, 6.45) is 0.171. The second-order valence-corrected chi connectivity index (χ2v) is 7.95. The minimum Gasteiger partial charge on any atom is -0.497 e. The molecule has 0 aliphatic carbocycles. The highest BCUT2D eigenvalue weighted by atomic mass is 35.5. The molecule has 0 aromatic heterocycles. The lowest BCUT2D eigenvalue weighted by molar-refractivity contribution is -0.140. The van der Waals surface area contributed by atoms with Gasteiger partial charge in [0.2, 0.25) is 11.8 Å². The lowest BCUT2D eigenvalue weighted by Crippen LogP contribution is -2.49. The number of hydrogen-bond acceptors (Lipinski definition) is 3. The third-order valence-corrected chi connectivity index (χ3v) is 5.19. The average Bonchev–Trinajstić information content (AvgIpc) is 2.68. The van der Waals surface area contributed by atoms with Crippen molar-refractivity contribution in [2.45, 2.75) is 45.8 Å². The van der Waals surface area contributed by atoms with Crippen LogP contribution >= 0.6 is 23.2 Å². The minimum atomic E-state index is -0.641. The van der Waals surface area contributed by atoms with Gasteiger partial charge in [-0.3, -0.25) is 9.59 Å². The van der Waals surface area contributed by atoms with Crippen LogP contribution in [0.25, 0.3) is 0 Å². The summed E-state index contributed by atoms with van der Waals surface area (Å²) in [5.74, 6) is 0.356. The largest absolute Gasteiger partial charge is 0.497 e. The Bertz CT molecular complexity index is 854. The van der Waals surface area contributed by atoms with Crippen LogP contribution in [-0.4, -0.2) is 35.9 Å². The first-order valence-corrected chi connectivity index (χ1v) is 10.1. The van der Waals surface area contributed by atoms with Crippen LogP contribution in [0, 0.1) is 0 Å². The van der Waals surface area contributed by atoms with Gasteiger partial charge in [0.1, 0.15) is 11.8 Å². The van der Waals surface area contributed by atoms with Crippen molar-refractivity contribution in [3.05, 3.63) is 63.6 Å². The molecule has 1 N–H and O–H groups in total. The average molecular weight is 437 g/mol. The Hall–Kier alpha value is -2.24. The van der Waals surface area contributed by atoms with Crippen molar-refractivity contribution in [3.63, 3.8) is 0 Å². The van der Waals surface area contributed by atoms with Crippen LogP contribution in [0.4, 0.5) is 0 Å². The van der Waals surface area contributed by atoms with Crippen molar-refractivity contribution in [1.29, 1.82) is 0 Å². The van der Waals surface area contributed by atoms with Crippen LogP contribution in [0.5, 0.6) is 5.75 Å². The van der Waals surface area contributed by atoms with Crippen LogP contribution in [0.3, 0.4) is 0 Å². The monoisotopic (exact) mass is 436 g/mol. The van der Waals surface area contributed by atoms with Gasteiger partial charge in [-0.2, -0.15) is 0 Å². The second-order valence-electron chi connectivity index (χ2n) is 7.13.